The molecule has 8 heteroatoms. The lowest BCUT2D eigenvalue weighted by molar-refractivity contribution is -0.113. The van der Waals surface area contributed by atoms with Gasteiger partial charge in [-0.25, -0.2) is 9.37 Å². The quantitative estimate of drug-likeness (QED) is 0.716. The van der Waals surface area contributed by atoms with Crippen LogP contribution in [0.15, 0.2) is 42.6 Å². The Balaban J connectivity index is 1.93. The molecule has 0 spiro atoms. The summed E-state index contributed by atoms with van der Waals surface area (Å²) in [6.45, 7) is 1.84. The highest BCUT2D eigenvalue weighted by Crippen LogP contribution is 2.44. The molecule has 5 nitrogen and oxygen atoms in total. The van der Waals surface area contributed by atoms with E-state index in [2.05, 4.69) is 15.4 Å². The van der Waals surface area contributed by atoms with Crippen LogP contribution in [0.4, 0.5) is 10.2 Å². The number of hydrogen-bond donors (Lipinski definition) is 1. The molecule has 2 aromatic heterocycles. The Bertz CT molecular complexity index is 992. The van der Waals surface area contributed by atoms with Crippen LogP contribution in [0.3, 0.4) is 0 Å². The molecule has 0 saturated carbocycles. The van der Waals surface area contributed by atoms with Crippen molar-refractivity contribution >= 4 is 35.1 Å². The Kier molecular flexibility index (Phi) is 4.42. The topological polar surface area (TPSA) is 59.8 Å². The van der Waals surface area contributed by atoms with Crippen molar-refractivity contribution in [2.45, 2.75) is 12.2 Å². The predicted octanol–water partition coefficient (Wildman–Crippen LogP) is 4.14. The first kappa shape index (κ1) is 17.1. The maximum Gasteiger partial charge on any atom is 0.235 e. The van der Waals surface area contributed by atoms with Gasteiger partial charge in [0.1, 0.15) is 11.6 Å². The molecule has 26 heavy (non-hydrogen) atoms. The zero-order chi connectivity index (χ0) is 18.3. The van der Waals surface area contributed by atoms with Gasteiger partial charge in [-0.3, -0.25) is 4.79 Å². The third-order valence-electron chi connectivity index (χ3n) is 4.11. The molecule has 1 amide bonds. The van der Waals surface area contributed by atoms with Crippen LogP contribution in [0.25, 0.3) is 5.82 Å². The van der Waals surface area contributed by atoms with Crippen LogP contribution in [0, 0.1) is 12.7 Å². The zero-order valence-corrected chi connectivity index (χ0v) is 15.3. The second-order valence-corrected chi connectivity index (χ2v) is 7.38. The van der Waals surface area contributed by atoms with Gasteiger partial charge in [-0.15, -0.1) is 11.8 Å². The molecule has 1 aliphatic heterocycles. The first-order valence-corrected chi connectivity index (χ1v) is 9.34. The second-order valence-electron chi connectivity index (χ2n) is 5.85. The van der Waals surface area contributed by atoms with E-state index in [9.17, 15) is 9.18 Å². The fourth-order valence-electron chi connectivity index (χ4n) is 2.99. The molecule has 0 fully saturated rings. The van der Waals surface area contributed by atoms with E-state index in [0.717, 1.165) is 5.56 Å². The minimum atomic E-state index is -0.403. The SMILES string of the molecule is Cc1nn(-c2ccccn2)c2c1C(c1cc(Cl)ccc1F)SCC(=O)N2. The van der Waals surface area contributed by atoms with Crippen molar-refractivity contribution in [3.8, 4) is 5.82 Å². The summed E-state index contributed by atoms with van der Waals surface area (Å²) in [6, 6.07) is 9.90. The normalized spacial score (nSPS) is 16.7. The van der Waals surface area contributed by atoms with Gasteiger partial charge in [-0.2, -0.15) is 9.78 Å². The number of nitrogens with one attached hydrogen (secondary N) is 1. The van der Waals surface area contributed by atoms with E-state index in [0.29, 0.717) is 27.9 Å². The van der Waals surface area contributed by atoms with Crippen LogP contribution in [-0.2, 0) is 4.79 Å². The highest BCUT2D eigenvalue weighted by molar-refractivity contribution is 8.00. The fourth-order valence-corrected chi connectivity index (χ4v) is 4.37. The lowest BCUT2D eigenvalue weighted by atomic mass is 10.0. The first-order valence-electron chi connectivity index (χ1n) is 7.92. The number of thioether (sulfide) groups is 1. The van der Waals surface area contributed by atoms with Gasteiger partial charge in [0.2, 0.25) is 5.91 Å². The number of carbonyl (C=O) groups is 1. The van der Waals surface area contributed by atoms with E-state index >= 15 is 0 Å². The smallest absolute Gasteiger partial charge is 0.235 e. The molecule has 0 saturated heterocycles. The molecule has 3 aromatic rings. The van der Waals surface area contributed by atoms with Gasteiger partial charge in [0.25, 0.3) is 0 Å². The molecule has 1 N–H and O–H groups in total. The number of pyridine rings is 1. The van der Waals surface area contributed by atoms with Crippen LogP contribution >= 0.6 is 23.4 Å². The Hall–Kier alpha value is -2.38. The van der Waals surface area contributed by atoms with Gasteiger partial charge >= 0.3 is 0 Å². The van der Waals surface area contributed by atoms with Gasteiger partial charge in [-0.1, -0.05) is 17.7 Å². The van der Waals surface area contributed by atoms with Crippen LogP contribution in [0.1, 0.15) is 22.1 Å². The molecule has 1 atom stereocenters. The van der Waals surface area contributed by atoms with E-state index in [4.69, 9.17) is 11.6 Å². The molecule has 1 aliphatic rings. The zero-order valence-electron chi connectivity index (χ0n) is 13.7. The van der Waals surface area contributed by atoms with Gasteiger partial charge < -0.3 is 5.32 Å². The molecular formula is C18H14ClFN4OS. The maximum atomic E-state index is 14.5. The van der Waals surface area contributed by atoms with Crippen molar-refractivity contribution in [2.24, 2.45) is 0 Å². The van der Waals surface area contributed by atoms with Gasteiger partial charge in [-0.05, 0) is 37.3 Å². The van der Waals surface area contributed by atoms with Crippen molar-refractivity contribution < 1.29 is 9.18 Å². The first-order chi connectivity index (χ1) is 12.5. The molecule has 4 rings (SSSR count). The average Bonchev–Trinajstić information content (AvgIpc) is 2.84. The van der Waals surface area contributed by atoms with Gasteiger partial charge in [0, 0.05) is 22.3 Å². The highest BCUT2D eigenvalue weighted by atomic mass is 35.5. The maximum absolute atomic E-state index is 14.5. The number of rotatable bonds is 2. The van der Waals surface area contributed by atoms with Gasteiger partial charge in [0.05, 0.1) is 16.7 Å². The largest absolute Gasteiger partial charge is 0.310 e. The second kappa shape index (κ2) is 6.74. The third-order valence-corrected chi connectivity index (χ3v) is 5.60. The standard InChI is InChI=1S/C18H14ClFN4OS/c1-10-16-17(12-8-11(19)5-6-13(12)20)26-9-15(25)22-18(16)24(23-10)14-4-2-3-7-21-14/h2-8,17H,9H2,1H3,(H,22,25). The van der Waals surface area contributed by atoms with E-state index in [1.165, 1.54) is 23.9 Å². The van der Waals surface area contributed by atoms with E-state index in [-0.39, 0.29) is 17.5 Å². The monoisotopic (exact) mass is 388 g/mol. The number of benzene rings is 1. The highest BCUT2D eigenvalue weighted by Gasteiger charge is 2.32. The molecule has 1 unspecified atom stereocenters. The number of carbonyl (C=O) groups excluding carboxylic acids is 1. The van der Waals surface area contributed by atoms with Crippen LogP contribution in [0.5, 0.6) is 0 Å². The molecule has 132 valence electrons. The van der Waals surface area contributed by atoms with Crippen molar-refractivity contribution in [2.75, 3.05) is 11.1 Å². The summed E-state index contributed by atoms with van der Waals surface area (Å²) in [4.78, 5) is 16.6. The number of fused-ring (bicyclic) bond motifs is 1. The lowest BCUT2D eigenvalue weighted by Crippen LogP contribution is -2.16. The Morgan fingerprint density at radius 3 is 2.96 bits per heavy atom. The summed E-state index contributed by atoms with van der Waals surface area (Å²) in [6.07, 6.45) is 1.65. The minimum Gasteiger partial charge on any atom is -0.310 e. The Labute approximate surface area is 158 Å². The molecule has 3 heterocycles. The predicted molar refractivity (Wildman–Crippen MR) is 100 cm³/mol. The number of aryl methyl sites for hydroxylation is 1. The summed E-state index contributed by atoms with van der Waals surface area (Å²) < 4.78 is 16.1. The summed E-state index contributed by atoms with van der Waals surface area (Å²) in [5.74, 6) is 0.762. The average molecular weight is 389 g/mol. The molecule has 0 aliphatic carbocycles. The summed E-state index contributed by atoms with van der Waals surface area (Å²) in [7, 11) is 0. The Morgan fingerprint density at radius 2 is 2.19 bits per heavy atom. The molecule has 1 aromatic carbocycles. The molecular weight excluding hydrogens is 375 g/mol. The summed E-state index contributed by atoms with van der Waals surface area (Å²) in [5.41, 5.74) is 1.89. The third kappa shape index (κ3) is 2.97. The summed E-state index contributed by atoms with van der Waals surface area (Å²) in [5, 5.41) is 7.47. The van der Waals surface area contributed by atoms with Crippen molar-refractivity contribution in [3.05, 3.63) is 70.3 Å². The number of amides is 1. The fraction of sp³-hybridized carbons (Fsp3) is 0.167. The minimum absolute atomic E-state index is 0.168. The van der Waals surface area contributed by atoms with Gasteiger partial charge in [0.15, 0.2) is 5.82 Å². The molecule has 0 bridgehead atoms. The lowest BCUT2D eigenvalue weighted by Gasteiger charge is -2.16. The number of anilines is 1. The number of hydrogen-bond acceptors (Lipinski definition) is 4. The Morgan fingerprint density at radius 1 is 1.35 bits per heavy atom. The molecule has 0 radical (unpaired) electrons. The van der Waals surface area contributed by atoms with Crippen molar-refractivity contribution in [3.63, 3.8) is 0 Å². The summed E-state index contributed by atoms with van der Waals surface area (Å²) >= 11 is 7.43. The van der Waals surface area contributed by atoms with E-state index < -0.39 is 5.25 Å². The van der Waals surface area contributed by atoms with Crippen molar-refractivity contribution in [1.29, 1.82) is 0 Å². The van der Waals surface area contributed by atoms with Crippen molar-refractivity contribution in [1.82, 2.24) is 14.8 Å². The van der Waals surface area contributed by atoms with Crippen LogP contribution in [0.2, 0.25) is 5.02 Å². The van der Waals surface area contributed by atoms with E-state index in [1.54, 1.807) is 29.1 Å². The number of aromatic nitrogens is 3. The number of nitrogens with zero attached hydrogens (tertiary/aromatic N) is 3. The number of halogens is 2. The van der Waals surface area contributed by atoms with Crippen LogP contribution in [-0.4, -0.2) is 26.4 Å². The van der Waals surface area contributed by atoms with Crippen LogP contribution < -0.4 is 5.32 Å². The van der Waals surface area contributed by atoms with E-state index in [1.807, 2.05) is 13.0 Å².